The van der Waals surface area contributed by atoms with E-state index >= 15 is 0 Å². The van der Waals surface area contributed by atoms with Gasteiger partial charge in [0.25, 0.3) is 0 Å². The third kappa shape index (κ3) is 5.37. The predicted octanol–water partition coefficient (Wildman–Crippen LogP) is 6.54. The number of hydrogen-bond donors (Lipinski definition) is 0. The van der Waals surface area contributed by atoms with Crippen molar-refractivity contribution >= 4 is 11.6 Å². The normalized spacial score (nSPS) is 11.7. The SMILES string of the molecule is CCc1cn2c(COCc3ccc(-c4ccccc4)c(C(=O)OC(C)(C)C)c3)ccc(C)c2n1. The number of esters is 1. The minimum absolute atomic E-state index is 0.334. The number of benzene rings is 2. The van der Waals surface area contributed by atoms with Crippen LogP contribution in [-0.4, -0.2) is 21.0 Å². The van der Waals surface area contributed by atoms with Crippen LogP contribution in [0.1, 0.15) is 60.6 Å². The van der Waals surface area contributed by atoms with Crippen molar-refractivity contribution in [3.63, 3.8) is 0 Å². The van der Waals surface area contributed by atoms with Crippen molar-refractivity contribution in [3.8, 4) is 11.1 Å². The third-order valence-electron chi connectivity index (χ3n) is 5.61. The van der Waals surface area contributed by atoms with Gasteiger partial charge in [0.1, 0.15) is 11.2 Å². The zero-order valence-electron chi connectivity index (χ0n) is 20.6. The van der Waals surface area contributed by atoms with E-state index in [0.717, 1.165) is 45.7 Å². The van der Waals surface area contributed by atoms with Gasteiger partial charge in [0.15, 0.2) is 0 Å². The maximum absolute atomic E-state index is 13.0. The van der Waals surface area contributed by atoms with E-state index in [0.29, 0.717) is 18.8 Å². The van der Waals surface area contributed by atoms with Crippen molar-refractivity contribution in [2.45, 2.75) is 59.9 Å². The van der Waals surface area contributed by atoms with Crippen molar-refractivity contribution < 1.29 is 14.3 Å². The summed E-state index contributed by atoms with van der Waals surface area (Å²) in [6, 6.07) is 19.9. The molecule has 0 fully saturated rings. The highest BCUT2D eigenvalue weighted by molar-refractivity contribution is 5.97. The fourth-order valence-corrected chi connectivity index (χ4v) is 3.92. The predicted molar refractivity (Wildman–Crippen MR) is 135 cm³/mol. The number of pyridine rings is 1. The minimum Gasteiger partial charge on any atom is -0.456 e. The Hall–Kier alpha value is -3.44. The summed E-state index contributed by atoms with van der Waals surface area (Å²) in [7, 11) is 0. The molecule has 0 saturated heterocycles. The average Bonchev–Trinajstić information content (AvgIpc) is 3.26. The zero-order valence-corrected chi connectivity index (χ0v) is 20.6. The number of hydrogen-bond acceptors (Lipinski definition) is 4. The second-order valence-corrected chi connectivity index (χ2v) is 9.53. The first kappa shape index (κ1) is 23.7. The van der Waals surface area contributed by atoms with Gasteiger partial charge in [-0.1, -0.05) is 55.5 Å². The molecule has 0 aliphatic rings. The van der Waals surface area contributed by atoms with Crippen molar-refractivity contribution in [2.75, 3.05) is 0 Å². The number of aryl methyl sites for hydroxylation is 2. The van der Waals surface area contributed by atoms with E-state index in [1.807, 2.05) is 69.3 Å². The Kier molecular flexibility index (Phi) is 6.85. The standard InChI is InChI=1S/C29H32N2O3/c1-6-23-17-31-24(14-12-20(2)27(31)30-23)19-33-18-21-13-15-25(22-10-8-7-9-11-22)26(16-21)28(32)34-29(3,4)5/h7-17H,6,18-19H2,1-5H3. The summed E-state index contributed by atoms with van der Waals surface area (Å²) >= 11 is 0. The Morgan fingerprint density at radius 1 is 1.00 bits per heavy atom. The van der Waals surface area contributed by atoms with Crippen LogP contribution < -0.4 is 0 Å². The van der Waals surface area contributed by atoms with Crippen molar-refractivity contribution in [3.05, 3.63) is 94.9 Å². The molecule has 0 atom stereocenters. The second kappa shape index (κ2) is 9.82. The van der Waals surface area contributed by atoms with Crippen molar-refractivity contribution in [2.24, 2.45) is 0 Å². The number of ether oxygens (including phenoxy) is 2. The molecule has 2 aromatic heterocycles. The molecule has 0 spiro atoms. The van der Waals surface area contributed by atoms with E-state index in [-0.39, 0.29) is 5.97 Å². The number of carbonyl (C=O) groups is 1. The molecule has 0 unspecified atom stereocenters. The van der Waals surface area contributed by atoms with E-state index in [1.165, 1.54) is 0 Å². The molecule has 4 aromatic rings. The molecule has 0 bridgehead atoms. The third-order valence-corrected chi connectivity index (χ3v) is 5.61. The molecule has 176 valence electrons. The van der Waals surface area contributed by atoms with Crippen molar-refractivity contribution in [1.82, 2.24) is 9.38 Å². The topological polar surface area (TPSA) is 52.8 Å². The van der Waals surface area contributed by atoms with Crippen LogP contribution in [0.2, 0.25) is 0 Å². The molecule has 2 heterocycles. The number of aromatic nitrogens is 2. The van der Waals surface area contributed by atoms with Crippen LogP contribution in [0, 0.1) is 6.92 Å². The van der Waals surface area contributed by atoms with E-state index in [1.54, 1.807) is 0 Å². The maximum atomic E-state index is 13.0. The molecule has 34 heavy (non-hydrogen) atoms. The number of fused-ring (bicyclic) bond motifs is 1. The van der Waals surface area contributed by atoms with Crippen LogP contribution in [0.15, 0.2) is 66.9 Å². The molecule has 0 N–H and O–H groups in total. The minimum atomic E-state index is -0.573. The fraction of sp³-hybridized carbons (Fsp3) is 0.310. The Labute approximate surface area is 201 Å². The number of imidazole rings is 1. The second-order valence-electron chi connectivity index (χ2n) is 9.53. The van der Waals surface area contributed by atoms with Gasteiger partial charge >= 0.3 is 5.97 Å². The van der Waals surface area contributed by atoms with E-state index in [2.05, 4.69) is 36.6 Å². The van der Waals surface area contributed by atoms with Gasteiger partial charge in [-0.3, -0.25) is 0 Å². The van der Waals surface area contributed by atoms with Crippen molar-refractivity contribution in [1.29, 1.82) is 0 Å². The van der Waals surface area contributed by atoms with E-state index in [9.17, 15) is 4.79 Å². The smallest absolute Gasteiger partial charge is 0.339 e. The van der Waals surface area contributed by atoms with Crippen LogP contribution in [0.3, 0.4) is 0 Å². The van der Waals surface area contributed by atoms with Gasteiger partial charge in [-0.25, -0.2) is 9.78 Å². The molecular formula is C29H32N2O3. The lowest BCUT2D eigenvalue weighted by atomic mass is 9.97. The molecule has 5 heteroatoms. The fourth-order valence-electron chi connectivity index (χ4n) is 3.92. The lowest BCUT2D eigenvalue weighted by molar-refractivity contribution is 0.00701. The molecule has 0 amide bonds. The molecular weight excluding hydrogens is 424 g/mol. The van der Waals surface area contributed by atoms with Crippen LogP contribution >= 0.6 is 0 Å². The summed E-state index contributed by atoms with van der Waals surface area (Å²) in [4.78, 5) is 17.8. The number of carbonyl (C=O) groups excluding carboxylic acids is 1. The first-order valence-electron chi connectivity index (χ1n) is 11.7. The molecule has 4 rings (SSSR count). The van der Waals surface area contributed by atoms with Gasteiger partial charge in [-0.05, 0) is 68.5 Å². The summed E-state index contributed by atoms with van der Waals surface area (Å²) < 4.78 is 13.9. The first-order valence-corrected chi connectivity index (χ1v) is 11.7. The molecule has 0 aliphatic heterocycles. The monoisotopic (exact) mass is 456 g/mol. The molecule has 2 aromatic carbocycles. The lowest BCUT2D eigenvalue weighted by Gasteiger charge is -2.21. The van der Waals surface area contributed by atoms with Gasteiger partial charge in [0, 0.05) is 11.9 Å². The number of nitrogens with zero attached hydrogens (tertiary/aromatic N) is 2. The van der Waals surface area contributed by atoms with Crippen LogP contribution in [0.25, 0.3) is 16.8 Å². The maximum Gasteiger partial charge on any atom is 0.339 e. The molecule has 0 radical (unpaired) electrons. The van der Waals surface area contributed by atoms with Gasteiger partial charge in [-0.15, -0.1) is 0 Å². The Bertz CT molecular complexity index is 1300. The highest BCUT2D eigenvalue weighted by Crippen LogP contribution is 2.27. The van der Waals surface area contributed by atoms with Gasteiger partial charge in [-0.2, -0.15) is 0 Å². The Morgan fingerprint density at radius 2 is 1.76 bits per heavy atom. The van der Waals surface area contributed by atoms with E-state index in [4.69, 9.17) is 14.5 Å². The summed E-state index contributed by atoms with van der Waals surface area (Å²) in [5.74, 6) is -0.334. The summed E-state index contributed by atoms with van der Waals surface area (Å²) in [5.41, 5.74) is 6.94. The van der Waals surface area contributed by atoms with Crippen LogP contribution in [-0.2, 0) is 29.1 Å². The zero-order chi connectivity index (χ0) is 24.3. The Balaban J connectivity index is 1.56. The summed E-state index contributed by atoms with van der Waals surface area (Å²) in [6.45, 7) is 10.6. The molecule has 0 aliphatic carbocycles. The van der Waals surface area contributed by atoms with Crippen LogP contribution in [0.4, 0.5) is 0 Å². The lowest BCUT2D eigenvalue weighted by Crippen LogP contribution is -2.24. The van der Waals surface area contributed by atoms with E-state index < -0.39 is 5.60 Å². The summed E-state index contributed by atoms with van der Waals surface area (Å²) in [6.07, 6.45) is 2.97. The van der Waals surface area contributed by atoms with Gasteiger partial charge in [0.2, 0.25) is 0 Å². The Morgan fingerprint density at radius 3 is 2.47 bits per heavy atom. The first-order chi connectivity index (χ1) is 16.2. The molecule has 0 saturated carbocycles. The average molecular weight is 457 g/mol. The summed E-state index contributed by atoms with van der Waals surface area (Å²) in [5, 5.41) is 0. The van der Waals surface area contributed by atoms with Gasteiger partial charge in [0.05, 0.1) is 24.5 Å². The molecule has 5 nitrogen and oxygen atoms in total. The highest BCUT2D eigenvalue weighted by Gasteiger charge is 2.21. The quantitative estimate of drug-likeness (QED) is 0.296. The number of rotatable bonds is 7. The van der Waals surface area contributed by atoms with Gasteiger partial charge < -0.3 is 13.9 Å². The van der Waals surface area contributed by atoms with Crippen LogP contribution in [0.5, 0.6) is 0 Å². The highest BCUT2D eigenvalue weighted by atomic mass is 16.6. The largest absolute Gasteiger partial charge is 0.456 e.